The van der Waals surface area contributed by atoms with Gasteiger partial charge >= 0.3 is 0 Å². The second-order valence-electron chi connectivity index (χ2n) is 5.77. The van der Waals surface area contributed by atoms with Crippen LogP contribution in [0.15, 0.2) is 34.9 Å². The average molecular weight is 349 g/mol. The van der Waals surface area contributed by atoms with Crippen molar-refractivity contribution in [2.45, 2.75) is 6.04 Å². The largest absolute Gasteiger partial charge is 0.368 e. The van der Waals surface area contributed by atoms with E-state index in [-0.39, 0.29) is 0 Å². The van der Waals surface area contributed by atoms with Crippen LogP contribution in [0.25, 0.3) is 10.8 Å². The number of anilines is 1. The molecule has 2 heterocycles. The maximum Gasteiger partial charge on any atom is 0.133 e. The Morgan fingerprint density at radius 3 is 2.95 bits per heavy atom. The van der Waals surface area contributed by atoms with Crippen molar-refractivity contribution in [2.75, 3.05) is 45.6 Å². The van der Waals surface area contributed by atoms with Crippen molar-refractivity contribution in [1.82, 2.24) is 14.8 Å². The lowest BCUT2D eigenvalue weighted by Crippen LogP contribution is -2.52. The number of nitrogens with zero attached hydrogens (tertiary/aromatic N) is 3. The topological polar surface area (TPSA) is 31.4 Å². The van der Waals surface area contributed by atoms with Crippen molar-refractivity contribution in [2.24, 2.45) is 0 Å². The highest BCUT2D eigenvalue weighted by Crippen LogP contribution is 2.27. The van der Waals surface area contributed by atoms with Gasteiger partial charge in [-0.15, -0.1) is 0 Å². The molecule has 0 spiro atoms. The van der Waals surface area contributed by atoms with Gasteiger partial charge in [-0.2, -0.15) is 0 Å². The smallest absolute Gasteiger partial charge is 0.133 e. The maximum absolute atomic E-state index is 4.51. The molecule has 1 unspecified atom stereocenters. The number of pyridine rings is 1. The van der Waals surface area contributed by atoms with Crippen LogP contribution in [0.4, 0.5) is 5.82 Å². The summed E-state index contributed by atoms with van der Waals surface area (Å²) in [7, 11) is 4.39. The molecule has 0 amide bonds. The van der Waals surface area contributed by atoms with Crippen LogP contribution in [0.5, 0.6) is 0 Å². The van der Waals surface area contributed by atoms with Crippen molar-refractivity contribution < 1.29 is 0 Å². The standard InChI is InChI=1S/C16H21BrN4/c1-20-8-9-21(2)12(11-20)10-19-16-14-4-3-5-15(17)13(14)6-7-18-16/h3-7,12H,8-11H2,1-2H3,(H,18,19). The molecule has 112 valence electrons. The van der Waals surface area contributed by atoms with Crippen LogP contribution in [-0.2, 0) is 0 Å². The molecule has 0 radical (unpaired) electrons. The fourth-order valence-corrected chi connectivity index (χ4v) is 3.34. The molecule has 5 heteroatoms. The molecule has 0 saturated carbocycles. The van der Waals surface area contributed by atoms with E-state index in [1.54, 1.807) is 0 Å². The van der Waals surface area contributed by atoms with Gasteiger partial charge in [0.2, 0.25) is 0 Å². The van der Waals surface area contributed by atoms with Gasteiger partial charge in [0, 0.05) is 53.7 Å². The zero-order valence-corrected chi connectivity index (χ0v) is 14.1. The number of benzene rings is 1. The molecule has 21 heavy (non-hydrogen) atoms. The van der Waals surface area contributed by atoms with Gasteiger partial charge < -0.3 is 10.2 Å². The van der Waals surface area contributed by atoms with E-state index in [4.69, 9.17) is 0 Å². The van der Waals surface area contributed by atoms with Crippen LogP contribution in [0.3, 0.4) is 0 Å². The summed E-state index contributed by atoms with van der Waals surface area (Å²) in [5, 5.41) is 5.90. The number of hydrogen-bond acceptors (Lipinski definition) is 4. The summed E-state index contributed by atoms with van der Waals surface area (Å²) in [6, 6.07) is 8.81. The minimum Gasteiger partial charge on any atom is -0.368 e. The van der Waals surface area contributed by atoms with E-state index in [1.165, 1.54) is 10.8 Å². The number of fused-ring (bicyclic) bond motifs is 1. The first kappa shape index (κ1) is 14.8. The molecule has 1 aromatic carbocycles. The van der Waals surface area contributed by atoms with Crippen LogP contribution < -0.4 is 5.32 Å². The van der Waals surface area contributed by atoms with Crippen molar-refractivity contribution >= 4 is 32.5 Å². The van der Waals surface area contributed by atoms with E-state index in [9.17, 15) is 0 Å². The molecule has 3 rings (SSSR count). The molecular weight excluding hydrogens is 328 g/mol. The Bertz CT molecular complexity index is 631. The first-order chi connectivity index (χ1) is 10.1. The predicted octanol–water partition coefficient (Wildman–Crippen LogP) is 2.66. The molecule has 1 fully saturated rings. The van der Waals surface area contributed by atoms with Crippen LogP contribution >= 0.6 is 15.9 Å². The number of hydrogen-bond donors (Lipinski definition) is 1. The van der Waals surface area contributed by atoms with Gasteiger partial charge in [-0.25, -0.2) is 4.98 Å². The molecule has 1 aromatic heterocycles. The molecule has 0 aliphatic carbocycles. The lowest BCUT2D eigenvalue weighted by Gasteiger charge is -2.37. The molecular formula is C16H21BrN4. The Hall–Kier alpha value is -1.17. The third kappa shape index (κ3) is 3.20. The summed E-state index contributed by atoms with van der Waals surface area (Å²) in [5.41, 5.74) is 0. The SMILES string of the molecule is CN1CCN(C)C(CNc2nccc3c(Br)cccc23)C1. The Balaban J connectivity index is 1.78. The molecule has 4 nitrogen and oxygen atoms in total. The van der Waals surface area contributed by atoms with Gasteiger partial charge in [0.15, 0.2) is 0 Å². The summed E-state index contributed by atoms with van der Waals surface area (Å²) in [4.78, 5) is 9.33. The maximum atomic E-state index is 4.51. The van der Waals surface area contributed by atoms with Gasteiger partial charge in [-0.05, 0) is 26.2 Å². The van der Waals surface area contributed by atoms with Gasteiger partial charge in [0.1, 0.15) is 5.82 Å². The zero-order chi connectivity index (χ0) is 14.8. The van der Waals surface area contributed by atoms with E-state index in [0.29, 0.717) is 6.04 Å². The molecule has 1 N–H and O–H groups in total. The van der Waals surface area contributed by atoms with Crippen LogP contribution in [-0.4, -0.2) is 61.1 Å². The van der Waals surface area contributed by atoms with Gasteiger partial charge in [-0.3, -0.25) is 4.90 Å². The fraction of sp³-hybridized carbons (Fsp3) is 0.438. The van der Waals surface area contributed by atoms with E-state index < -0.39 is 0 Å². The minimum atomic E-state index is 0.521. The molecule has 1 atom stereocenters. The summed E-state index contributed by atoms with van der Waals surface area (Å²) >= 11 is 3.61. The normalized spacial score (nSPS) is 20.8. The van der Waals surface area contributed by atoms with Gasteiger partial charge in [0.25, 0.3) is 0 Å². The Morgan fingerprint density at radius 2 is 2.10 bits per heavy atom. The number of nitrogens with one attached hydrogen (secondary N) is 1. The highest BCUT2D eigenvalue weighted by molar-refractivity contribution is 9.10. The predicted molar refractivity (Wildman–Crippen MR) is 91.8 cm³/mol. The summed E-state index contributed by atoms with van der Waals surface area (Å²) in [6.07, 6.45) is 1.87. The number of halogens is 1. The van der Waals surface area contributed by atoms with Gasteiger partial charge in [-0.1, -0.05) is 28.1 Å². The summed E-state index contributed by atoms with van der Waals surface area (Å²) < 4.78 is 1.11. The monoisotopic (exact) mass is 348 g/mol. The van der Waals surface area contributed by atoms with E-state index in [1.807, 2.05) is 12.3 Å². The third-order valence-electron chi connectivity index (χ3n) is 4.24. The van der Waals surface area contributed by atoms with E-state index in [0.717, 1.165) is 36.5 Å². The van der Waals surface area contributed by atoms with Crippen LogP contribution in [0.1, 0.15) is 0 Å². The second-order valence-corrected chi connectivity index (χ2v) is 6.63. The first-order valence-corrected chi connectivity index (χ1v) is 8.10. The Labute approximate surface area is 134 Å². The molecule has 1 aliphatic rings. The zero-order valence-electron chi connectivity index (χ0n) is 12.5. The fourth-order valence-electron chi connectivity index (χ4n) is 2.85. The highest BCUT2D eigenvalue weighted by atomic mass is 79.9. The summed E-state index contributed by atoms with van der Waals surface area (Å²) in [6.45, 7) is 4.28. The van der Waals surface area contributed by atoms with Crippen LogP contribution in [0, 0.1) is 0 Å². The van der Waals surface area contributed by atoms with E-state index >= 15 is 0 Å². The van der Waals surface area contributed by atoms with Crippen molar-refractivity contribution in [1.29, 1.82) is 0 Å². The molecule has 1 saturated heterocycles. The third-order valence-corrected chi connectivity index (χ3v) is 4.93. The number of piperazine rings is 1. The second kappa shape index (κ2) is 6.30. The minimum absolute atomic E-state index is 0.521. The number of rotatable bonds is 3. The van der Waals surface area contributed by atoms with Crippen LogP contribution in [0.2, 0.25) is 0 Å². The Morgan fingerprint density at radius 1 is 1.24 bits per heavy atom. The summed E-state index contributed by atoms with van der Waals surface area (Å²) in [5.74, 6) is 0.968. The number of likely N-dealkylation sites (N-methyl/N-ethyl adjacent to an activating group) is 2. The quantitative estimate of drug-likeness (QED) is 0.923. The molecule has 2 aromatic rings. The van der Waals surface area contributed by atoms with Gasteiger partial charge in [0.05, 0.1) is 0 Å². The number of aromatic nitrogens is 1. The lowest BCUT2D eigenvalue weighted by molar-refractivity contribution is 0.122. The molecule has 1 aliphatic heterocycles. The average Bonchev–Trinajstić information content (AvgIpc) is 2.49. The van der Waals surface area contributed by atoms with E-state index in [2.05, 4.69) is 68.3 Å². The van der Waals surface area contributed by atoms with Crippen molar-refractivity contribution in [3.63, 3.8) is 0 Å². The lowest BCUT2D eigenvalue weighted by atomic mass is 10.1. The van der Waals surface area contributed by atoms with Crippen molar-refractivity contribution in [3.8, 4) is 0 Å². The van der Waals surface area contributed by atoms with Crippen molar-refractivity contribution in [3.05, 3.63) is 34.9 Å². The Kier molecular flexibility index (Phi) is 4.42. The first-order valence-electron chi connectivity index (χ1n) is 7.31. The molecule has 0 bridgehead atoms. The highest BCUT2D eigenvalue weighted by Gasteiger charge is 2.22.